The molecule has 1 aliphatic rings. The van der Waals surface area contributed by atoms with Gasteiger partial charge in [-0.1, -0.05) is 24.6 Å². The van der Waals surface area contributed by atoms with Gasteiger partial charge >= 0.3 is 0 Å². The fourth-order valence-electron chi connectivity index (χ4n) is 2.42. The van der Waals surface area contributed by atoms with Crippen molar-refractivity contribution in [1.29, 1.82) is 0 Å². The summed E-state index contributed by atoms with van der Waals surface area (Å²) in [5.41, 5.74) is 0.485. The fraction of sp³-hybridized carbons (Fsp3) is 0.533. The number of hydrogen-bond acceptors (Lipinski definition) is 2. The minimum absolute atomic E-state index is 0.147. The third-order valence-electron chi connectivity index (χ3n) is 3.54. The molecule has 1 heterocycles. The van der Waals surface area contributed by atoms with Gasteiger partial charge in [-0.15, -0.1) is 11.8 Å². The van der Waals surface area contributed by atoms with Crippen LogP contribution < -0.4 is 0 Å². The lowest BCUT2D eigenvalue weighted by molar-refractivity contribution is -0.130. The molecule has 0 N–H and O–H groups in total. The maximum Gasteiger partial charge on any atom is 0.232 e. The van der Waals surface area contributed by atoms with E-state index in [0.717, 1.165) is 19.5 Å². The van der Waals surface area contributed by atoms with E-state index in [1.807, 2.05) is 4.90 Å². The van der Waals surface area contributed by atoms with Crippen molar-refractivity contribution in [1.82, 2.24) is 4.90 Å². The van der Waals surface area contributed by atoms with Crippen molar-refractivity contribution in [2.75, 3.05) is 18.8 Å². The lowest BCUT2D eigenvalue weighted by atomic mass is 10.0. The number of likely N-dealkylation sites (tertiary alicyclic amines) is 1. The molecular formula is C15H19ClFNOS. The van der Waals surface area contributed by atoms with Crippen molar-refractivity contribution in [3.63, 3.8) is 0 Å². The third-order valence-corrected chi connectivity index (χ3v) is 4.84. The summed E-state index contributed by atoms with van der Waals surface area (Å²) in [4.78, 5) is 14.0. The average Bonchev–Trinajstić information content (AvgIpc) is 2.42. The summed E-state index contributed by atoms with van der Waals surface area (Å²) in [5, 5.41) is 0.427. The SMILES string of the molecule is C[C@H]1CCCN(C(=O)CSCc2c(F)cccc2Cl)C1. The molecule has 5 heteroatoms. The van der Waals surface area contributed by atoms with Crippen molar-refractivity contribution in [2.24, 2.45) is 5.92 Å². The highest BCUT2D eigenvalue weighted by Gasteiger charge is 2.20. The first-order valence-electron chi connectivity index (χ1n) is 6.86. The van der Waals surface area contributed by atoms with E-state index in [2.05, 4.69) is 6.92 Å². The quantitative estimate of drug-likeness (QED) is 0.838. The second kappa shape index (κ2) is 7.32. The maximum absolute atomic E-state index is 13.6. The summed E-state index contributed by atoms with van der Waals surface area (Å²) in [6.07, 6.45) is 2.28. The van der Waals surface area contributed by atoms with Gasteiger partial charge in [0.15, 0.2) is 0 Å². The van der Waals surface area contributed by atoms with E-state index in [1.54, 1.807) is 12.1 Å². The van der Waals surface area contributed by atoms with Crippen molar-refractivity contribution in [3.05, 3.63) is 34.6 Å². The Morgan fingerprint density at radius 3 is 3.05 bits per heavy atom. The molecule has 110 valence electrons. The summed E-state index contributed by atoms with van der Waals surface area (Å²) < 4.78 is 13.6. The lowest BCUT2D eigenvalue weighted by Crippen LogP contribution is -2.40. The first-order chi connectivity index (χ1) is 9.58. The number of carbonyl (C=O) groups is 1. The maximum atomic E-state index is 13.6. The van der Waals surface area contributed by atoms with Crippen molar-refractivity contribution in [3.8, 4) is 0 Å². The van der Waals surface area contributed by atoms with Gasteiger partial charge in [0.2, 0.25) is 5.91 Å². The topological polar surface area (TPSA) is 20.3 Å². The molecule has 0 unspecified atom stereocenters. The molecule has 0 radical (unpaired) electrons. The molecule has 0 aliphatic carbocycles. The first kappa shape index (κ1) is 15.6. The summed E-state index contributed by atoms with van der Waals surface area (Å²) >= 11 is 7.39. The zero-order valence-corrected chi connectivity index (χ0v) is 13.1. The predicted molar refractivity (Wildman–Crippen MR) is 82.6 cm³/mol. The number of amides is 1. The monoisotopic (exact) mass is 315 g/mol. The number of rotatable bonds is 4. The molecule has 1 aliphatic heterocycles. The van der Waals surface area contributed by atoms with Gasteiger partial charge in [-0.2, -0.15) is 0 Å². The van der Waals surface area contributed by atoms with E-state index in [1.165, 1.54) is 24.2 Å². The Morgan fingerprint density at radius 2 is 2.35 bits per heavy atom. The van der Waals surface area contributed by atoms with Crippen LogP contribution in [0.2, 0.25) is 5.02 Å². The van der Waals surface area contributed by atoms with E-state index in [0.29, 0.717) is 28.0 Å². The Hall–Kier alpha value is -0.740. The van der Waals surface area contributed by atoms with Gasteiger partial charge in [0, 0.05) is 29.4 Å². The summed E-state index contributed by atoms with van der Waals surface area (Å²) in [6, 6.07) is 4.66. The largest absolute Gasteiger partial charge is 0.342 e. The van der Waals surface area contributed by atoms with Crippen LogP contribution in [-0.4, -0.2) is 29.6 Å². The number of piperidine rings is 1. The molecule has 1 amide bonds. The van der Waals surface area contributed by atoms with Crippen molar-refractivity contribution >= 4 is 29.3 Å². The van der Waals surface area contributed by atoms with E-state index in [-0.39, 0.29) is 11.7 Å². The van der Waals surface area contributed by atoms with Crippen LogP contribution in [0, 0.1) is 11.7 Å². The van der Waals surface area contributed by atoms with Crippen molar-refractivity contribution in [2.45, 2.75) is 25.5 Å². The van der Waals surface area contributed by atoms with Crippen LogP contribution in [0.25, 0.3) is 0 Å². The second-order valence-electron chi connectivity index (χ2n) is 5.28. The molecule has 2 rings (SSSR count). The first-order valence-corrected chi connectivity index (χ1v) is 8.39. The van der Waals surface area contributed by atoms with E-state index in [9.17, 15) is 9.18 Å². The average molecular weight is 316 g/mol. The lowest BCUT2D eigenvalue weighted by Gasteiger charge is -2.30. The summed E-state index contributed by atoms with van der Waals surface area (Å²) in [5.74, 6) is 1.25. The van der Waals surface area contributed by atoms with Gasteiger partial charge in [-0.3, -0.25) is 4.79 Å². The standard InChI is InChI=1S/C15H19ClFNOS/c1-11-4-3-7-18(8-11)15(19)10-20-9-12-13(16)5-2-6-14(12)17/h2,5-6,11H,3-4,7-10H2,1H3/t11-/m0/s1. The Morgan fingerprint density at radius 1 is 1.55 bits per heavy atom. The minimum Gasteiger partial charge on any atom is -0.342 e. The molecule has 20 heavy (non-hydrogen) atoms. The second-order valence-corrected chi connectivity index (χ2v) is 6.67. The molecule has 1 atom stereocenters. The Balaban J connectivity index is 1.82. The highest BCUT2D eigenvalue weighted by molar-refractivity contribution is 7.99. The van der Waals surface area contributed by atoms with Crippen LogP contribution >= 0.6 is 23.4 Å². The number of nitrogens with zero attached hydrogens (tertiary/aromatic N) is 1. The zero-order chi connectivity index (χ0) is 14.5. The molecule has 1 aromatic carbocycles. The van der Waals surface area contributed by atoms with Gasteiger partial charge in [0.25, 0.3) is 0 Å². The molecule has 0 spiro atoms. The predicted octanol–water partition coefficient (Wildman–Crippen LogP) is 3.97. The molecule has 0 aromatic heterocycles. The van der Waals surface area contributed by atoms with E-state index in [4.69, 9.17) is 11.6 Å². The molecule has 2 nitrogen and oxygen atoms in total. The number of carbonyl (C=O) groups excluding carboxylic acids is 1. The zero-order valence-electron chi connectivity index (χ0n) is 11.6. The van der Waals surface area contributed by atoms with Crippen LogP contribution in [0.15, 0.2) is 18.2 Å². The van der Waals surface area contributed by atoms with Crippen LogP contribution in [0.4, 0.5) is 4.39 Å². The fourth-order valence-corrected chi connectivity index (χ4v) is 3.68. The Labute approximate surface area is 128 Å². The highest BCUT2D eigenvalue weighted by Crippen LogP contribution is 2.24. The Bertz CT molecular complexity index is 463. The van der Waals surface area contributed by atoms with Crippen molar-refractivity contribution < 1.29 is 9.18 Å². The molecule has 0 saturated carbocycles. The van der Waals surface area contributed by atoms with Gasteiger partial charge < -0.3 is 4.90 Å². The van der Waals surface area contributed by atoms with Gasteiger partial charge in [-0.05, 0) is 30.9 Å². The molecule has 1 fully saturated rings. The number of benzene rings is 1. The van der Waals surface area contributed by atoms with Crippen LogP contribution in [0.1, 0.15) is 25.3 Å². The third kappa shape index (κ3) is 4.13. The molecule has 1 aromatic rings. The Kier molecular flexibility index (Phi) is 5.73. The van der Waals surface area contributed by atoms with Gasteiger partial charge in [0.05, 0.1) is 5.75 Å². The smallest absolute Gasteiger partial charge is 0.232 e. The van der Waals surface area contributed by atoms with Crippen LogP contribution in [-0.2, 0) is 10.5 Å². The van der Waals surface area contributed by atoms with Crippen LogP contribution in [0.3, 0.4) is 0 Å². The summed E-state index contributed by atoms with van der Waals surface area (Å²) in [7, 11) is 0. The normalized spacial score (nSPS) is 19.1. The number of thioether (sulfide) groups is 1. The highest BCUT2D eigenvalue weighted by atomic mass is 35.5. The number of hydrogen-bond donors (Lipinski definition) is 0. The summed E-state index contributed by atoms with van der Waals surface area (Å²) in [6.45, 7) is 3.87. The van der Waals surface area contributed by atoms with E-state index >= 15 is 0 Å². The molecule has 0 bridgehead atoms. The van der Waals surface area contributed by atoms with Gasteiger partial charge in [0.1, 0.15) is 5.82 Å². The molecule has 1 saturated heterocycles. The van der Waals surface area contributed by atoms with Crippen LogP contribution in [0.5, 0.6) is 0 Å². The molecular weight excluding hydrogens is 297 g/mol. The van der Waals surface area contributed by atoms with E-state index < -0.39 is 0 Å². The number of halogens is 2. The van der Waals surface area contributed by atoms with Gasteiger partial charge in [-0.25, -0.2) is 4.39 Å². The minimum atomic E-state index is -0.302.